The van der Waals surface area contributed by atoms with Crippen LogP contribution in [-0.2, 0) is 4.79 Å². The van der Waals surface area contributed by atoms with Gasteiger partial charge in [0, 0.05) is 19.3 Å². The molecular weight excluding hydrogens is 337 g/mol. The van der Waals surface area contributed by atoms with Gasteiger partial charge in [0.2, 0.25) is 0 Å². The van der Waals surface area contributed by atoms with Crippen LogP contribution in [0.5, 0.6) is 0 Å². The predicted molar refractivity (Wildman–Crippen MR) is 89.8 cm³/mol. The molecule has 0 radical (unpaired) electrons. The predicted octanol–water partition coefficient (Wildman–Crippen LogP) is 1.63. The van der Waals surface area contributed by atoms with E-state index in [1.807, 2.05) is 0 Å². The summed E-state index contributed by atoms with van der Waals surface area (Å²) < 4.78 is 0. The number of rotatable bonds is 2. The van der Waals surface area contributed by atoms with Crippen LogP contribution in [-0.4, -0.2) is 36.4 Å². The molecule has 2 unspecified atom stereocenters. The number of nitrogens with one attached hydrogen (secondary N) is 3. The lowest BCUT2D eigenvalue weighted by atomic mass is 10.2. The lowest BCUT2D eigenvalue weighted by Gasteiger charge is -2.36. The topological polar surface area (TPSA) is 59.6 Å². The van der Waals surface area contributed by atoms with Gasteiger partial charge in [-0.05, 0) is 25.0 Å². The molecule has 3 aliphatic rings. The monoisotopic (exact) mass is 353 g/mol. The number of amides is 1. The summed E-state index contributed by atoms with van der Waals surface area (Å²) in [7, 11) is 0. The van der Waals surface area contributed by atoms with E-state index in [0.717, 1.165) is 25.9 Å². The maximum Gasteiger partial charge on any atom is 0.254 e. The Labute approximate surface area is 144 Å². The molecule has 23 heavy (non-hydrogen) atoms. The van der Waals surface area contributed by atoms with Gasteiger partial charge in [0.15, 0.2) is 0 Å². The smallest absolute Gasteiger partial charge is 0.254 e. The Bertz CT molecular complexity index is 654. The molecular formula is C15H17Cl2N5O. The molecule has 0 spiro atoms. The van der Waals surface area contributed by atoms with Gasteiger partial charge in [-0.3, -0.25) is 20.0 Å². The molecule has 1 amide bonds. The zero-order chi connectivity index (χ0) is 16.0. The average molecular weight is 354 g/mol. The lowest BCUT2D eigenvalue weighted by Crippen LogP contribution is -2.66. The number of nitrogens with zero attached hydrogens (tertiary/aromatic N) is 2. The molecule has 0 aromatic heterocycles. The molecule has 1 aromatic rings. The van der Waals surface area contributed by atoms with Gasteiger partial charge in [-0.1, -0.05) is 29.3 Å². The second-order valence-electron chi connectivity index (χ2n) is 5.87. The zero-order valence-corrected chi connectivity index (χ0v) is 13.9. The van der Waals surface area contributed by atoms with Crippen molar-refractivity contribution in [2.75, 3.05) is 18.1 Å². The number of hydrogen-bond donors (Lipinski definition) is 3. The van der Waals surface area contributed by atoms with Crippen molar-refractivity contribution in [3.8, 4) is 0 Å². The van der Waals surface area contributed by atoms with Gasteiger partial charge in [-0.15, -0.1) is 0 Å². The summed E-state index contributed by atoms with van der Waals surface area (Å²) in [5.74, 6) is -0.0798. The summed E-state index contributed by atoms with van der Waals surface area (Å²) in [6.07, 6.45) is 3.65. The van der Waals surface area contributed by atoms with Gasteiger partial charge in [0.25, 0.3) is 5.91 Å². The normalized spacial score (nSPS) is 27.8. The quantitative estimate of drug-likeness (QED) is 0.754. The molecule has 0 aliphatic carbocycles. The minimum absolute atomic E-state index is 0.0798. The van der Waals surface area contributed by atoms with E-state index in [9.17, 15) is 4.79 Å². The van der Waals surface area contributed by atoms with Gasteiger partial charge in [0.05, 0.1) is 21.3 Å². The van der Waals surface area contributed by atoms with Gasteiger partial charge in [0.1, 0.15) is 12.5 Å². The Kier molecular flexibility index (Phi) is 3.95. The Morgan fingerprint density at radius 3 is 2.52 bits per heavy atom. The Morgan fingerprint density at radius 1 is 1.13 bits per heavy atom. The third-order valence-electron chi connectivity index (χ3n) is 4.39. The number of benzene rings is 1. The molecule has 122 valence electrons. The molecule has 6 nitrogen and oxygen atoms in total. The first kappa shape index (κ1) is 15.2. The lowest BCUT2D eigenvalue weighted by molar-refractivity contribution is -0.121. The van der Waals surface area contributed by atoms with Gasteiger partial charge in [-0.2, -0.15) is 0 Å². The van der Waals surface area contributed by atoms with E-state index in [0.29, 0.717) is 21.3 Å². The van der Waals surface area contributed by atoms with Crippen molar-refractivity contribution in [1.29, 1.82) is 0 Å². The second-order valence-corrected chi connectivity index (χ2v) is 6.69. The highest BCUT2D eigenvalue weighted by atomic mass is 35.5. The third kappa shape index (κ3) is 2.70. The maximum absolute atomic E-state index is 12.4. The van der Waals surface area contributed by atoms with Crippen LogP contribution in [0.15, 0.2) is 30.0 Å². The van der Waals surface area contributed by atoms with Crippen LogP contribution in [0.2, 0.25) is 10.0 Å². The van der Waals surface area contributed by atoms with E-state index in [1.54, 1.807) is 29.4 Å². The van der Waals surface area contributed by atoms with Gasteiger partial charge < -0.3 is 5.32 Å². The van der Waals surface area contributed by atoms with E-state index >= 15 is 0 Å². The van der Waals surface area contributed by atoms with Crippen molar-refractivity contribution in [3.05, 3.63) is 40.0 Å². The molecule has 2 atom stereocenters. The van der Waals surface area contributed by atoms with E-state index < -0.39 is 0 Å². The van der Waals surface area contributed by atoms with Crippen LogP contribution in [0.4, 0.5) is 5.69 Å². The highest BCUT2D eigenvalue weighted by Crippen LogP contribution is 2.35. The SMILES string of the molecule is O=C1NC(N2CCCC2)NC2NN(c3c(Cl)cccc3Cl)C=C12. The third-order valence-corrected chi connectivity index (χ3v) is 5.00. The van der Waals surface area contributed by atoms with Crippen molar-refractivity contribution in [1.82, 2.24) is 21.0 Å². The molecule has 0 bridgehead atoms. The van der Waals surface area contributed by atoms with Crippen molar-refractivity contribution < 1.29 is 4.79 Å². The zero-order valence-electron chi connectivity index (χ0n) is 12.4. The first-order chi connectivity index (χ1) is 11.1. The Hall–Kier alpha value is -1.31. The van der Waals surface area contributed by atoms with Crippen LogP contribution in [0.3, 0.4) is 0 Å². The summed E-state index contributed by atoms with van der Waals surface area (Å²) in [6, 6.07) is 5.33. The Morgan fingerprint density at radius 2 is 1.83 bits per heavy atom. The second kappa shape index (κ2) is 5.96. The van der Waals surface area contributed by atoms with Crippen molar-refractivity contribution in [3.63, 3.8) is 0 Å². The largest absolute Gasteiger partial charge is 0.324 e. The fraction of sp³-hybridized carbons (Fsp3) is 0.400. The van der Waals surface area contributed by atoms with Gasteiger partial charge in [-0.25, -0.2) is 5.43 Å². The van der Waals surface area contributed by atoms with Crippen molar-refractivity contribution >= 4 is 34.8 Å². The van der Waals surface area contributed by atoms with Crippen molar-refractivity contribution in [2.45, 2.75) is 25.3 Å². The number of carbonyl (C=O) groups excluding carboxylic acids is 1. The molecule has 3 N–H and O–H groups in total. The molecule has 0 saturated carbocycles. The number of halogens is 2. The average Bonchev–Trinajstić information content (AvgIpc) is 3.16. The maximum atomic E-state index is 12.4. The van der Waals surface area contributed by atoms with Crippen LogP contribution in [0, 0.1) is 0 Å². The fourth-order valence-electron chi connectivity index (χ4n) is 3.23. The van der Waals surface area contributed by atoms with Crippen molar-refractivity contribution in [2.24, 2.45) is 0 Å². The highest BCUT2D eigenvalue weighted by Gasteiger charge is 2.39. The first-order valence-corrected chi connectivity index (χ1v) is 8.41. The number of hydrogen-bond acceptors (Lipinski definition) is 5. The first-order valence-electron chi connectivity index (χ1n) is 7.65. The number of para-hydroxylation sites is 1. The van der Waals surface area contributed by atoms with E-state index in [4.69, 9.17) is 23.2 Å². The minimum Gasteiger partial charge on any atom is -0.324 e. The summed E-state index contributed by atoms with van der Waals surface area (Å²) in [5, 5.41) is 9.18. The molecule has 3 aliphatic heterocycles. The summed E-state index contributed by atoms with van der Waals surface area (Å²) in [5.41, 5.74) is 4.51. The van der Waals surface area contributed by atoms with E-state index in [-0.39, 0.29) is 18.4 Å². The number of anilines is 1. The summed E-state index contributed by atoms with van der Waals surface area (Å²) >= 11 is 12.5. The number of likely N-dealkylation sites (tertiary alicyclic amines) is 1. The highest BCUT2D eigenvalue weighted by molar-refractivity contribution is 6.39. The van der Waals surface area contributed by atoms with Gasteiger partial charge >= 0.3 is 0 Å². The Balaban J connectivity index is 1.57. The number of hydrazine groups is 1. The molecule has 2 fully saturated rings. The molecule has 2 saturated heterocycles. The molecule has 4 rings (SSSR count). The van der Waals surface area contributed by atoms with Crippen LogP contribution in [0.25, 0.3) is 0 Å². The molecule has 8 heteroatoms. The standard InChI is InChI=1S/C15H17Cl2N5O/c16-10-4-3-5-11(17)12(10)22-8-9-13(20-22)18-15(19-14(9)23)21-6-1-2-7-21/h3-5,8,13,15,18,20H,1-2,6-7H2,(H,19,23). The van der Waals surface area contributed by atoms with E-state index in [2.05, 4.69) is 21.0 Å². The molecule has 3 heterocycles. The number of carbonyl (C=O) groups is 1. The summed E-state index contributed by atoms with van der Waals surface area (Å²) in [4.78, 5) is 14.6. The summed E-state index contributed by atoms with van der Waals surface area (Å²) in [6.45, 7) is 1.98. The minimum atomic E-state index is -0.262. The fourth-order valence-corrected chi connectivity index (χ4v) is 3.81. The van der Waals surface area contributed by atoms with Crippen LogP contribution in [0.1, 0.15) is 12.8 Å². The van der Waals surface area contributed by atoms with Crippen LogP contribution < -0.4 is 21.1 Å². The number of fused-ring (bicyclic) bond motifs is 1. The van der Waals surface area contributed by atoms with E-state index in [1.165, 1.54) is 0 Å². The molecule has 1 aromatic carbocycles. The van der Waals surface area contributed by atoms with Crippen LogP contribution >= 0.6 is 23.2 Å².